The van der Waals surface area contributed by atoms with E-state index in [-0.39, 0.29) is 44.2 Å². The number of thiophene rings is 1. The second-order valence-electron chi connectivity index (χ2n) is 13.0. The summed E-state index contributed by atoms with van der Waals surface area (Å²) in [6.07, 6.45) is 3.00. The number of pyridine rings is 1. The molecular formula is C35H37ClF2N4O5S. The van der Waals surface area contributed by atoms with Crippen LogP contribution in [0.4, 0.5) is 13.6 Å². The van der Waals surface area contributed by atoms with Gasteiger partial charge in [0.1, 0.15) is 28.0 Å². The molecule has 3 N–H and O–H groups in total. The minimum atomic E-state index is -0.982. The molecule has 5 rings (SSSR count). The van der Waals surface area contributed by atoms with E-state index in [9.17, 15) is 28.3 Å². The number of carbonyl (C=O) groups is 3. The molecule has 1 saturated carbocycles. The standard InChI is InChI=1S/C35H37ClF2N4O5S/c1-35(2,3)42(34(45)46)17-19-5-8-23(9-6-19)41(33(44)31-29(36)28-24(37)10-11-25(38)30(28)48-31)18-22-15-20(7-12-27(22)47-4)21-13-14-40-26(16-21)32(39)43/h7,10-16,19,23H,5-6,8-9,17-18H2,1-4H3,(H2,39,43)(H,45,46). The molecule has 3 amide bonds. The average molecular weight is 699 g/mol. The number of nitrogens with zero attached hydrogens (tertiary/aromatic N) is 3. The Hall–Kier alpha value is -4.29. The van der Waals surface area contributed by atoms with Crippen molar-refractivity contribution in [3.63, 3.8) is 0 Å². The Kier molecular flexibility index (Phi) is 10.3. The Balaban J connectivity index is 1.51. The van der Waals surface area contributed by atoms with E-state index in [1.54, 1.807) is 23.1 Å². The highest BCUT2D eigenvalue weighted by molar-refractivity contribution is 7.21. The first-order chi connectivity index (χ1) is 22.7. The Morgan fingerprint density at radius 1 is 1.04 bits per heavy atom. The summed E-state index contributed by atoms with van der Waals surface area (Å²) in [4.78, 5) is 45.4. The second kappa shape index (κ2) is 14.1. The minimum absolute atomic E-state index is 0.0259. The third-order valence-electron chi connectivity index (χ3n) is 8.84. The van der Waals surface area contributed by atoms with Crippen LogP contribution in [0.1, 0.15) is 72.2 Å². The molecule has 1 fully saturated rings. The van der Waals surface area contributed by atoms with Gasteiger partial charge in [-0.15, -0.1) is 11.3 Å². The molecule has 0 aliphatic heterocycles. The van der Waals surface area contributed by atoms with Gasteiger partial charge in [-0.25, -0.2) is 13.6 Å². The maximum Gasteiger partial charge on any atom is 0.407 e. The third-order valence-corrected chi connectivity index (χ3v) is 10.5. The van der Waals surface area contributed by atoms with Gasteiger partial charge >= 0.3 is 6.09 Å². The quantitative estimate of drug-likeness (QED) is 0.183. The fourth-order valence-corrected chi connectivity index (χ4v) is 7.78. The molecule has 0 atom stereocenters. The first-order valence-corrected chi connectivity index (χ1v) is 16.7. The molecule has 13 heteroatoms. The maximum atomic E-state index is 14.8. The van der Waals surface area contributed by atoms with E-state index in [1.165, 1.54) is 18.2 Å². The number of carboxylic acid groups (broad SMARTS) is 1. The fraction of sp³-hybridized carbons (Fsp3) is 0.371. The van der Waals surface area contributed by atoms with Crippen LogP contribution < -0.4 is 10.5 Å². The Bertz CT molecular complexity index is 1870. The van der Waals surface area contributed by atoms with Gasteiger partial charge in [0.15, 0.2) is 0 Å². The Labute approximate surface area is 286 Å². The summed E-state index contributed by atoms with van der Waals surface area (Å²) in [6, 6.07) is 10.5. The lowest BCUT2D eigenvalue weighted by Gasteiger charge is -2.40. The van der Waals surface area contributed by atoms with Gasteiger partial charge in [0.25, 0.3) is 11.8 Å². The SMILES string of the molecule is COc1ccc(-c2ccnc(C(N)=O)c2)cc1CN(C(=O)c1sc2c(F)ccc(F)c2c1Cl)C1CCC(CN(C(=O)O)C(C)(C)C)CC1. The molecule has 0 bridgehead atoms. The highest BCUT2D eigenvalue weighted by Gasteiger charge is 2.35. The molecule has 254 valence electrons. The van der Waals surface area contributed by atoms with Crippen molar-refractivity contribution in [3.05, 3.63) is 81.5 Å². The molecule has 2 heterocycles. The molecule has 48 heavy (non-hydrogen) atoms. The van der Waals surface area contributed by atoms with Gasteiger partial charge in [0.05, 0.1) is 22.2 Å². The lowest BCUT2D eigenvalue weighted by molar-refractivity contribution is 0.0535. The number of primary amides is 1. The van der Waals surface area contributed by atoms with Gasteiger partial charge < -0.3 is 25.4 Å². The molecule has 0 radical (unpaired) electrons. The predicted molar refractivity (Wildman–Crippen MR) is 182 cm³/mol. The lowest BCUT2D eigenvalue weighted by Crippen LogP contribution is -2.48. The molecular weight excluding hydrogens is 662 g/mol. The highest BCUT2D eigenvalue weighted by Crippen LogP contribution is 2.41. The zero-order chi connectivity index (χ0) is 34.9. The van der Waals surface area contributed by atoms with E-state index in [0.29, 0.717) is 49.1 Å². The number of aromatic nitrogens is 1. The maximum absolute atomic E-state index is 14.8. The second-order valence-corrected chi connectivity index (χ2v) is 14.4. The number of benzene rings is 2. The number of fused-ring (bicyclic) bond motifs is 1. The number of rotatable bonds is 9. The highest BCUT2D eigenvalue weighted by atomic mass is 35.5. The first-order valence-electron chi connectivity index (χ1n) is 15.5. The summed E-state index contributed by atoms with van der Waals surface area (Å²) in [5.41, 5.74) is 7.05. The van der Waals surface area contributed by atoms with Crippen LogP contribution in [0.3, 0.4) is 0 Å². The summed E-state index contributed by atoms with van der Waals surface area (Å²) in [6.45, 7) is 6.02. The summed E-state index contributed by atoms with van der Waals surface area (Å²) in [5, 5.41) is 9.56. The minimum Gasteiger partial charge on any atom is -0.496 e. The van der Waals surface area contributed by atoms with Crippen LogP contribution in [-0.4, -0.2) is 63.0 Å². The number of halogens is 3. The van der Waals surface area contributed by atoms with Crippen molar-refractivity contribution >= 4 is 50.9 Å². The van der Waals surface area contributed by atoms with Gasteiger partial charge in [0.2, 0.25) is 0 Å². The van der Waals surface area contributed by atoms with Crippen LogP contribution in [-0.2, 0) is 6.54 Å². The Morgan fingerprint density at radius 3 is 2.31 bits per heavy atom. The van der Waals surface area contributed by atoms with Crippen molar-refractivity contribution in [2.75, 3.05) is 13.7 Å². The van der Waals surface area contributed by atoms with Gasteiger partial charge in [-0.2, -0.15) is 0 Å². The van der Waals surface area contributed by atoms with Crippen molar-refractivity contribution in [2.45, 2.75) is 64.6 Å². The van der Waals surface area contributed by atoms with E-state index >= 15 is 0 Å². The fourth-order valence-electron chi connectivity index (χ4n) is 6.28. The zero-order valence-corrected chi connectivity index (χ0v) is 28.6. The van der Waals surface area contributed by atoms with Crippen LogP contribution >= 0.6 is 22.9 Å². The molecule has 2 aromatic carbocycles. The third kappa shape index (κ3) is 7.24. The van der Waals surface area contributed by atoms with E-state index in [4.69, 9.17) is 22.1 Å². The zero-order valence-electron chi connectivity index (χ0n) is 27.1. The Morgan fingerprint density at radius 2 is 1.71 bits per heavy atom. The van der Waals surface area contributed by atoms with E-state index in [0.717, 1.165) is 29.0 Å². The van der Waals surface area contributed by atoms with Crippen molar-refractivity contribution in [1.29, 1.82) is 0 Å². The largest absolute Gasteiger partial charge is 0.496 e. The first kappa shape index (κ1) is 35.0. The average Bonchev–Trinajstić information content (AvgIpc) is 3.41. The molecule has 1 aliphatic carbocycles. The molecule has 0 unspecified atom stereocenters. The smallest absolute Gasteiger partial charge is 0.407 e. The van der Waals surface area contributed by atoms with Gasteiger partial charge in [0, 0.05) is 36.4 Å². The van der Waals surface area contributed by atoms with Crippen LogP contribution in [0.5, 0.6) is 5.75 Å². The van der Waals surface area contributed by atoms with E-state index in [2.05, 4.69) is 4.98 Å². The summed E-state index contributed by atoms with van der Waals surface area (Å²) in [7, 11) is 1.52. The lowest BCUT2D eigenvalue weighted by atomic mass is 9.84. The van der Waals surface area contributed by atoms with E-state index < -0.39 is 35.1 Å². The molecule has 9 nitrogen and oxygen atoms in total. The molecule has 2 aromatic heterocycles. The van der Waals surface area contributed by atoms with Crippen LogP contribution in [0.15, 0.2) is 48.7 Å². The van der Waals surface area contributed by atoms with Crippen LogP contribution in [0.25, 0.3) is 21.2 Å². The summed E-state index contributed by atoms with van der Waals surface area (Å²) < 4.78 is 35.2. The van der Waals surface area contributed by atoms with Crippen LogP contribution in [0, 0.1) is 17.6 Å². The topological polar surface area (TPSA) is 126 Å². The molecule has 0 saturated heterocycles. The summed E-state index contributed by atoms with van der Waals surface area (Å²) in [5.74, 6) is -1.93. The molecule has 0 spiro atoms. The molecule has 4 aromatic rings. The number of nitrogens with two attached hydrogens (primary N) is 1. The number of amides is 3. The number of ether oxygens (including phenoxy) is 1. The normalized spacial score (nSPS) is 16.5. The van der Waals surface area contributed by atoms with Gasteiger partial charge in [-0.3, -0.25) is 14.6 Å². The predicted octanol–water partition coefficient (Wildman–Crippen LogP) is 7.98. The van der Waals surface area contributed by atoms with Crippen molar-refractivity contribution in [3.8, 4) is 16.9 Å². The van der Waals surface area contributed by atoms with Gasteiger partial charge in [-0.1, -0.05) is 17.7 Å². The van der Waals surface area contributed by atoms with E-state index in [1.807, 2.05) is 32.9 Å². The van der Waals surface area contributed by atoms with Crippen molar-refractivity contribution in [2.24, 2.45) is 11.7 Å². The van der Waals surface area contributed by atoms with Crippen LogP contribution in [0.2, 0.25) is 5.02 Å². The van der Waals surface area contributed by atoms with Crippen molar-refractivity contribution < 1.29 is 33.0 Å². The van der Waals surface area contributed by atoms with Crippen molar-refractivity contribution in [1.82, 2.24) is 14.8 Å². The van der Waals surface area contributed by atoms with Gasteiger partial charge in [-0.05, 0) is 99.9 Å². The number of methoxy groups -OCH3 is 1. The molecule has 1 aliphatic rings. The number of hydrogen-bond acceptors (Lipinski definition) is 6. The monoisotopic (exact) mass is 698 g/mol. The summed E-state index contributed by atoms with van der Waals surface area (Å²) >= 11 is 7.41. The number of carbonyl (C=O) groups excluding carboxylic acids is 2. The number of hydrogen-bond donors (Lipinski definition) is 2.